The molecule has 0 saturated carbocycles. The number of benzene rings is 2. The third-order valence-corrected chi connectivity index (χ3v) is 5.95. The highest BCUT2D eigenvalue weighted by molar-refractivity contribution is 6.31. The first-order chi connectivity index (χ1) is 17.9. The van der Waals surface area contributed by atoms with Gasteiger partial charge in [0, 0.05) is 34.7 Å². The molecule has 0 aliphatic rings. The van der Waals surface area contributed by atoms with Crippen molar-refractivity contribution < 1.29 is 4.74 Å². The monoisotopic (exact) mass is 512 g/mol. The number of halogens is 1. The highest BCUT2D eigenvalue weighted by Gasteiger charge is 2.15. The topological polar surface area (TPSA) is 110 Å². The first kappa shape index (κ1) is 24.0. The van der Waals surface area contributed by atoms with Gasteiger partial charge in [-0.15, -0.1) is 0 Å². The summed E-state index contributed by atoms with van der Waals surface area (Å²) in [5, 5.41) is 0.431. The molecule has 184 valence electrons. The van der Waals surface area contributed by atoms with Gasteiger partial charge in [-0.2, -0.15) is 0 Å². The second-order valence-electron chi connectivity index (χ2n) is 8.47. The van der Waals surface area contributed by atoms with Gasteiger partial charge in [0.1, 0.15) is 12.4 Å². The zero-order valence-corrected chi connectivity index (χ0v) is 20.5. The zero-order valence-electron chi connectivity index (χ0n) is 19.7. The molecule has 8 nitrogen and oxygen atoms in total. The third-order valence-electron chi connectivity index (χ3n) is 5.74. The van der Waals surface area contributed by atoms with Crippen LogP contribution in [0.25, 0.3) is 27.9 Å². The summed E-state index contributed by atoms with van der Waals surface area (Å²) in [7, 11) is 0. The van der Waals surface area contributed by atoms with E-state index in [0.717, 1.165) is 16.9 Å². The van der Waals surface area contributed by atoms with Crippen LogP contribution in [0.1, 0.15) is 11.1 Å². The number of H-pyrrole nitrogens is 2. The average Bonchev–Trinajstić information content (AvgIpc) is 2.88. The van der Waals surface area contributed by atoms with Crippen molar-refractivity contribution in [3.63, 3.8) is 0 Å². The van der Waals surface area contributed by atoms with Crippen LogP contribution in [0.4, 0.5) is 0 Å². The maximum absolute atomic E-state index is 13.6. The number of nitrogens with one attached hydrogen (secondary N) is 2. The summed E-state index contributed by atoms with van der Waals surface area (Å²) in [6.45, 7) is 2.23. The first-order valence-electron chi connectivity index (χ1n) is 11.4. The molecule has 5 rings (SSSR count). The quantitative estimate of drug-likeness (QED) is 0.348. The second-order valence-corrected chi connectivity index (χ2v) is 8.90. The molecular weight excluding hydrogens is 492 g/mol. The van der Waals surface area contributed by atoms with E-state index < -0.39 is 11.2 Å². The molecule has 0 unspecified atom stereocenters. The summed E-state index contributed by atoms with van der Waals surface area (Å²) in [6, 6.07) is 18.0. The maximum atomic E-state index is 13.6. The molecule has 0 aliphatic heterocycles. The van der Waals surface area contributed by atoms with Crippen LogP contribution in [0, 0.1) is 6.92 Å². The van der Waals surface area contributed by atoms with E-state index in [4.69, 9.17) is 16.3 Å². The van der Waals surface area contributed by atoms with E-state index in [9.17, 15) is 14.4 Å². The van der Waals surface area contributed by atoms with Crippen molar-refractivity contribution in [2.45, 2.75) is 13.5 Å². The van der Waals surface area contributed by atoms with Crippen LogP contribution >= 0.6 is 11.6 Å². The molecular formula is C28H21ClN4O4. The van der Waals surface area contributed by atoms with Crippen molar-refractivity contribution in [3.05, 3.63) is 133 Å². The van der Waals surface area contributed by atoms with E-state index in [0.29, 0.717) is 27.4 Å². The fourth-order valence-electron chi connectivity index (χ4n) is 4.01. The van der Waals surface area contributed by atoms with E-state index in [1.54, 1.807) is 42.7 Å². The van der Waals surface area contributed by atoms with E-state index in [2.05, 4.69) is 15.0 Å². The minimum atomic E-state index is -0.623. The summed E-state index contributed by atoms with van der Waals surface area (Å²) in [4.78, 5) is 46.6. The van der Waals surface area contributed by atoms with Gasteiger partial charge in [0.2, 0.25) is 0 Å². The molecule has 0 saturated heterocycles. The van der Waals surface area contributed by atoms with Crippen LogP contribution in [0.2, 0.25) is 5.02 Å². The molecule has 3 heterocycles. The molecule has 2 aromatic carbocycles. The summed E-state index contributed by atoms with van der Waals surface area (Å²) < 4.78 is 7.34. The Hall–Kier alpha value is -4.69. The van der Waals surface area contributed by atoms with Gasteiger partial charge >= 0.3 is 5.69 Å². The molecule has 3 aromatic heterocycles. The predicted octanol–water partition coefficient (Wildman–Crippen LogP) is 4.48. The standard InChI is InChI=1S/C28H21ClN4O4/c1-17-4-2-6-23(8-17)37-16-18-9-19(11-21(29)10-18)24-12-20(25-14-31-28(36)32-26(25)34)15-33(27(24)35)22-5-3-7-30-13-22/h2-15H,16H2,1H3,(H2,31,32,34,36). The molecule has 5 aromatic rings. The van der Waals surface area contributed by atoms with Gasteiger partial charge < -0.3 is 9.72 Å². The Morgan fingerprint density at radius 1 is 0.973 bits per heavy atom. The minimum absolute atomic E-state index is 0.198. The Bertz CT molecular complexity index is 1770. The maximum Gasteiger partial charge on any atom is 0.325 e. The van der Waals surface area contributed by atoms with Gasteiger partial charge in [-0.1, -0.05) is 23.7 Å². The van der Waals surface area contributed by atoms with Gasteiger partial charge in [0.15, 0.2) is 0 Å². The van der Waals surface area contributed by atoms with Crippen LogP contribution in [-0.4, -0.2) is 19.5 Å². The third kappa shape index (κ3) is 5.29. The lowest BCUT2D eigenvalue weighted by atomic mass is 10.0. The Morgan fingerprint density at radius 3 is 2.59 bits per heavy atom. The minimum Gasteiger partial charge on any atom is -0.489 e. The lowest BCUT2D eigenvalue weighted by Crippen LogP contribution is -2.24. The first-order valence-corrected chi connectivity index (χ1v) is 11.7. The molecule has 0 atom stereocenters. The molecule has 0 aliphatic carbocycles. The number of aromatic nitrogens is 4. The smallest absolute Gasteiger partial charge is 0.325 e. The van der Waals surface area contributed by atoms with Crippen LogP contribution in [0.15, 0.2) is 99.8 Å². The normalized spacial score (nSPS) is 10.9. The van der Waals surface area contributed by atoms with E-state index >= 15 is 0 Å². The summed E-state index contributed by atoms with van der Waals surface area (Å²) in [6.07, 6.45) is 6.00. The number of pyridine rings is 2. The van der Waals surface area contributed by atoms with Crippen molar-refractivity contribution in [1.29, 1.82) is 0 Å². The van der Waals surface area contributed by atoms with Gasteiger partial charge in [-0.05, 0) is 72.1 Å². The molecule has 0 bridgehead atoms. The lowest BCUT2D eigenvalue weighted by Gasteiger charge is -2.13. The van der Waals surface area contributed by atoms with Crippen molar-refractivity contribution in [2.24, 2.45) is 0 Å². The van der Waals surface area contributed by atoms with Crippen LogP contribution in [0.3, 0.4) is 0 Å². The molecule has 2 N–H and O–H groups in total. The fourth-order valence-corrected chi connectivity index (χ4v) is 4.27. The molecule has 37 heavy (non-hydrogen) atoms. The number of ether oxygens (including phenoxy) is 1. The van der Waals surface area contributed by atoms with E-state index in [-0.39, 0.29) is 17.7 Å². The Labute approximate surface area is 215 Å². The fraction of sp³-hybridized carbons (Fsp3) is 0.0714. The van der Waals surface area contributed by atoms with Crippen molar-refractivity contribution in [1.82, 2.24) is 19.5 Å². The Morgan fingerprint density at radius 2 is 1.84 bits per heavy atom. The number of rotatable bonds is 6. The van der Waals surface area contributed by atoms with Gasteiger partial charge in [0.05, 0.1) is 17.4 Å². The van der Waals surface area contributed by atoms with Gasteiger partial charge in [-0.3, -0.25) is 24.1 Å². The largest absolute Gasteiger partial charge is 0.489 e. The number of nitrogens with zero attached hydrogens (tertiary/aromatic N) is 2. The van der Waals surface area contributed by atoms with Crippen molar-refractivity contribution in [3.8, 4) is 33.7 Å². The number of hydrogen-bond acceptors (Lipinski definition) is 5. The Kier molecular flexibility index (Phi) is 6.57. The summed E-state index contributed by atoms with van der Waals surface area (Å²) in [5.74, 6) is 0.722. The van der Waals surface area contributed by atoms with Crippen molar-refractivity contribution in [2.75, 3.05) is 0 Å². The van der Waals surface area contributed by atoms with Gasteiger partial charge in [0.25, 0.3) is 11.1 Å². The SMILES string of the molecule is Cc1cccc(OCc2cc(Cl)cc(-c3cc(-c4c[nH]c(=O)[nH]c4=O)cn(-c4cccnc4)c3=O)c2)c1. The van der Waals surface area contributed by atoms with Crippen LogP contribution in [-0.2, 0) is 6.61 Å². The van der Waals surface area contributed by atoms with Crippen molar-refractivity contribution >= 4 is 11.6 Å². The summed E-state index contributed by atoms with van der Waals surface area (Å²) in [5.41, 5.74) is 2.32. The molecule has 0 amide bonds. The van der Waals surface area contributed by atoms with Gasteiger partial charge in [-0.25, -0.2) is 4.79 Å². The lowest BCUT2D eigenvalue weighted by molar-refractivity contribution is 0.306. The Balaban J connectivity index is 1.64. The van der Waals surface area contributed by atoms with Crippen LogP contribution < -0.4 is 21.5 Å². The van der Waals surface area contributed by atoms with E-state index in [1.807, 2.05) is 37.3 Å². The summed E-state index contributed by atoms with van der Waals surface area (Å²) >= 11 is 6.45. The number of aryl methyl sites for hydroxylation is 1. The average molecular weight is 513 g/mol. The highest BCUT2D eigenvalue weighted by Crippen LogP contribution is 2.27. The van der Waals surface area contributed by atoms with Crippen LogP contribution in [0.5, 0.6) is 5.75 Å². The number of hydrogen-bond donors (Lipinski definition) is 2. The second kappa shape index (κ2) is 10.1. The molecule has 0 radical (unpaired) electrons. The zero-order chi connectivity index (χ0) is 25.9. The number of aromatic amines is 2. The molecule has 0 fully saturated rings. The highest BCUT2D eigenvalue weighted by atomic mass is 35.5. The van der Waals surface area contributed by atoms with E-state index in [1.165, 1.54) is 17.0 Å². The molecule has 9 heteroatoms. The predicted molar refractivity (Wildman–Crippen MR) is 142 cm³/mol. The molecule has 0 spiro atoms.